The molecule has 1 saturated heterocycles. The molecule has 2 N–H and O–H groups in total. The molecule has 1 aromatic rings. The van der Waals surface area contributed by atoms with Gasteiger partial charge < -0.3 is 14.9 Å². The SMILES string of the molecule is CCC(SC1=C(C(=O)OCc2ccc([N+](=O)[O-])cc2)N2C(=O)C(C(C)O[Si](C)(C)C(C)(C)C)[C@H]2S1)C(N)=O. The monoisotopic (exact) mass is 581 g/mol. The summed E-state index contributed by atoms with van der Waals surface area (Å²) < 4.78 is 12.5. The summed E-state index contributed by atoms with van der Waals surface area (Å²) in [4.78, 5) is 50.4. The van der Waals surface area contributed by atoms with E-state index in [0.29, 0.717) is 16.2 Å². The summed E-state index contributed by atoms with van der Waals surface area (Å²) in [6, 6.07) is 5.67. The van der Waals surface area contributed by atoms with E-state index in [4.69, 9.17) is 14.9 Å². The first-order valence-corrected chi connectivity index (χ1v) is 17.0. The van der Waals surface area contributed by atoms with Gasteiger partial charge in [-0.2, -0.15) is 0 Å². The minimum Gasteiger partial charge on any atom is -0.456 e. The van der Waals surface area contributed by atoms with E-state index < -0.39 is 36.3 Å². The molecule has 38 heavy (non-hydrogen) atoms. The van der Waals surface area contributed by atoms with Crippen molar-refractivity contribution in [3.05, 3.63) is 49.9 Å². The number of esters is 1. The zero-order chi connectivity index (χ0) is 28.6. The van der Waals surface area contributed by atoms with Crippen LogP contribution in [0.4, 0.5) is 5.69 Å². The largest absolute Gasteiger partial charge is 0.456 e. The van der Waals surface area contributed by atoms with Gasteiger partial charge in [0.2, 0.25) is 11.8 Å². The number of nitrogens with zero attached hydrogens (tertiary/aromatic N) is 2. The van der Waals surface area contributed by atoms with Crippen LogP contribution in [0.3, 0.4) is 0 Å². The lowest BCUT2D eigenvalue weighted by molar-refractivity contribution is -0.384. The maximum absolute atomic E-state index is 13.4. The van der Waals surface area contributed by atoms with E-state index in [-0.39, 0.29) is 40.4 Å². The van der Waals surface area contributed by atoms with Crippen LogP contribution in [0.2, 0.25) is 18.1 Å². The van der Waals surface area contributed by atoms with E-state index in [2.05, 4.69) is 33.9 Å². The van der Waals surface area contributed by atoms with Crippen molar-refractivity contribution in [1.29, 1.82) is 0 Å². The highest BCUT2D eigenvalue weighted by Crippen LogP contribution is 2.55. The van der Waals surface area contributed by atoms with Crippen LogP contribution in [0.5, 0.6) is 0 Å². The fraction of sp³-hybridized carbons (Fsp3) is 0.560. The average Bonchev–Trinajstić information content (AvgIpc) is 3.13. The van der Waals surface area contributed by atoms with Crippen molar-refractivity contribution in [3.63, 3.8) is 0 Å². The van der Waals surface area contributed by atoms with Crippen molar-refractivity contribution in [3.8, 4) is 0 Å². The molecular formula is C25H35N3O7S2Si. The van der Waals surface area contributed by atoms with Crippen LogP contribution >= 0.6 is 23.5 Å². The molecule has 0 radical (unpaired) electrons. The second kappa shape index (κ2) is 11.4. The van der Waals surface area contributed by atoms with Crippen LogP contribution in [0.25, 0.3) is 0 Å². The van der Waals surface area contributed by atoms with Gasteiger partial charge in [0.25, 0.3) is 5.69 Å². The van der Waals surface area contributed by atoms with Gasteiger partial charge >= 0.3 is 5.97 Å². The lowest BCUT2D eigenvalue weighted by Gasteiger charge is -2.48. The standard InChI is InChI=1S/C25H35N3O7S2Si/c1-8-17(20(26)29)36-24-19(23(31)34-13-15-9-11-16(12-10-15)28(32)33)27-21(30)18(22(27)37-24)14(2)35-38(6,7)25(3,4)5/h9-12,14,17-18,22H,8,13H2,1-7H3,(H2,26,29)/t14?,17?,18?,22-/m1/s1. The van der Waals surface area contributed by atoms with Crippen molar-refractivity contribution in [2.45, 2.75) is 82.5 Å². The van der Waals surface area contributed by atoms with Crippen molar-refractivity contribution < 1.29 is 28.5 Å². The first-order valence-electron chi connectivity index (χ1n) is 12.4. The normalized spacial score (nSPS) is 21.0. The minimum atomic E-state index is -2.14. The van der Waals surface area contributed by atoms with Gasteiger partial charge in [0.15, 0.2) is 14.0 Å². The predicted molar refractivity (Wildman–Crippen MR) is 150 cm³/mol. The number of hydrogen-bond acceptors (Lipinski definition) is 9. The van der Waals surface area contributed by atoms with Crippen LogP contribution in [0, 0.1) is 16.0 Å². The Balaban J connectivity index is 1.81. The van der Waals surface area contributed by atoms with Gasteiger partial charge in [-0.1, -0.05) is 39.5 Å². The van der Waals surface area contributed by atoms with Gasteiger partial charge in [-0.25, -0.2) is 4.79 Å². The molecule has 10 nitrogen and oxygen atoms in total. The number of primary amides is 1. The molecule has 2 heterocycles. The van der Waals surface area contributed by atoms with Gasteiger partial charge in [0.1, 0.15) is 12.0 Å². The highest BCUT2D eigenvalue weighted by atomic mass is 32.2. The number of fused-ring (bicyclic) bond motifs is 1. The number of amides is 2. The molecular weight excluding hydrogens is 547 g/mol. The van der Waals surface area contributed by atoms with Crippen LogP contribution in [-0.2, 0) is 30.2 Å². The molecule has 0 spiro atoms. The molecule has 208 valence electrons. The third-order valence-electron chi connectivity index (χ3n) is 7.19. The third kappa shape index (κ3) is 6.10. The average molecular weight is 582 g/mol. The Kier molecular flexibility index (Phi) is 9.06. The number of nitro groups is 1. The predicted octanol–water partition coefficient (Wildman–Crippen LogP) is 4.75. The molecule has 13 heteroatoms. The number of rotatable bonds is 11. The Bertz CT molecular complexity index is 1150. The summed E-state index contributed by atoms with van der Waals surface area (Å²) in [7, 11) is -2.14. The number of carbonyl (C=O) groups excluding carboxylic acids is 3. The van der Waals surface area contributed by atoms with Crippen molar-refractivity contribution in [2.75, 3.05) is 0 Å². The van der Waals surface area contributed by atoms with Gasteiger partial charge in [-0.15, -0.1) is 11.8 Å². The number of β-lactam (4-membered cyclic amide) rings is 1. The number of ether oxygens (including phenoxy) is 1. The number of thioether (sulfide) groups is 2. The van der Waals surface area contributed by atoms with Crippen LogP contribution in [0.1, 0.15) is 46.6 Å². The van der Waals surface area contributed by atoms with Gasteiger partial charge in [0.05, 0.1) is 26.4 Å². The zero-order valence-electron chi connectivity index (χ0n) is 22.7. The summed E-state index contributed by atoms with van der Waals surface area (Å²) >= 11 is 2.53. The molecule has 3 unspecified atom stereocenters. The molecule has 3 rings (SSSR count). The molecule has 2 amide bonds. The summed E-state index contributed by atoms with van der Waals surface area (Å²) in [6.45, 7) is 14.3. The number of nitrogens with two attached hydrogens (primary N) is 1. The first kappa shape index (κ1) is 30.2. The molecule has 0 saturated carbocycles. The number of benzene rings is 1. The van der Waals surface area contributed by atoms with Crippen molar-refractivity contribution >= 4 is 55.3 Å². The molecule has 2 aliphatic rings. The fourth-order valence-electron chi connectivity index (χ4n) is 3.93. The lowest BCUT2D eigenvalue weighted by Crippen LogP contribution is -2.62. The number of non-ortho nitro benzene ring substituents is 1. The lowest BCUT2D eigenvalue weighted by atomic mass is 9.92. The van der Waals surface area contributed by atoms with Crippen LogP contribution in [0.15, 0.2) is 34.2 Å². The molecule has 1 fully saturated rings. The molecule has 4 atom stereocenters. The topological polar surface area (TPSA) is 142 Å². The Morgan fingerprint density at radius 1 is 1.26 bits per heavy atom. The number of hydrogen-bond donors (Lipinski definition) is 1. The maximum atomic E-state index is 13.4. The van der Waals surface area contributed by atoms with Crippen LogP contribution in [-0.4, -0.2) is 52.7 Å². The number of nitro benzene ring substituents is 1. The van der Waals surface area contributed by atoms with Crippen molar-refractivity contribution in [2.24, 2.45) is 11.7 Å². The minimum absolute atomic E-state index is 0.0293. The molecule has 2 aliphatic heterocycles. The smallest absolute Gasteiger partial charge is 0.357 e. The summed E-state index contributed by atoms with van der Waals surface area (Å²) in [6.07, 6.45) is 0.110. The Morgan fingerprint density at radius 3 is 2.37 bits per heavy atom. The quantitative estimate of drug-likeness (QED) is 0.129. The Labute approximate surface area is 232 Å². The molecule has 0 aliphatic carbocycles. The summed E-state index contributed by atoms with van der Waals surface area (Å²) in [5.41, 5.74) is 6.16. The fourth-order valence-corrected chi connectivity index (χ4v) is 8.37. The van der Waals surface area contributed by atoms with Crippen LogP contribution < -0.4 is 5.73 Å². The first-order chi connectivity index (χ1) is 17.6. The van der Waals surface area contributed by atoms with E-state index in [0.717, 1.165) is 0 Å². The molecule has 0 aromatic heterocycles. The number of carbonyl (C=O) groups is 3. The van der Waals surface area contributed by atoms with E-state index >= 15 is 0 Å². The van der Waals surface area contributed by atoms with Gasteiger partial charge in [-0.3, -0.25) is 24.6 Å². The van der Waals surface area contributed by atoms with E-state index in [9.17, 15) is 24.5 Å². The Hall–Kier alpha value is -2.35. The summed E-state index contributed by atoms with van der Waals surface area (Å²) in [5.74, 6) is -1.88. The summed E-state index contributed by atoms with van der Waals surface area (Å²) in [5, 5.41) is 9.94. The highest BCUT2D eigenvalue weighted by molar-refractivity contribution is 8.23. The van der Waals surface area contributed by atoms with Gasteiger partial charge in [0, 0.05) is 12.1 Å². The molecule has 1 aromatic carbocycles. The van der Waals surface area contributed by atoms with E-state index in [1.165, 1.54) is 52.7 Å². The Morgan fingerprint density at radius 2 is 1.87 bits per heavy atom. The van der Waals surface area contributed by atoms with E-state index in [1.54, 1.807) is 0 Å². The van der Waals surface area contributed by atoms with E-state index in [1.807, 2.05) is 13.8 Å². The molecule has 0 bridgehead atoms. The van der Waals surface area contributed by atoms with Gasteiger partial charge in [-0.05, 0) is 49.2 Å². The third-order valence-corrected chi connectivity index (χ3v) is 14.7. The highest BCUT2D eigenvalue weighted by Gasteiger charge is 2.59. The second-order valence-corrected chi connectivity index (χ2v) is 18.2. The zero-order valence-corrected chi connectivity index (χ0v) is 25.3. The second-order valence-electron chi connectivity index (χ2n) is 10.9. The maximum Gasteiger partial charge on any atom is 0.357 e. The van der Waals surface area contributed by atoms with Crippen molar-refractivity contribution in [1.82, 2.24) is 4.90 Å².